The van der Waals surface area contributed by atoms with Crippen LogP contribution in [0.25, 0.3) is 41.0 Å². The van der Waals surface area contributed by atoms with Gasteiger partial charge in [0, 0.05) is 29.1 Å². The fourth-order valence-electron chi connectivity index (χ4n) is 4.44. The zero-order chi connectivity index (χ0) is 32.8. The van der Waals surface area contributed by atoms with Gasteiger partial charge in [0.25, 0.3) is 0 Å². The van der Waals surface area contributed by atoms with Gasteiger partial charge in [-0.25, -0.2) is 19.4 Å². The monoisotopic (exact) mass is 611 g/mol. The van der Waals surface area contributed by atoms with Crippen LogP contribution in [0.5, 0.6) is 0 Å². The highest BCUT2D eigenvalue weighted by molar-refractivity contribution is 5.95. The van der Waals surface area contributed by atoms with Crippen LogP contribution in [-0.2, 0) is 28.6 Å². The second-order valence-electron chi connectivity index (χ2n) is 9.85. The lowest BCUT2D eigenvalue weighted by atomic mass is 10.0. The summed E-state index contributed by atoms with van der Waals surface area (Å²) in [4.78, 5) is 51.5. The molecule has 0 bridgehead atoms. The van der Waals surface area contributed by atoms with E-state index in [2.05, 4.69) is 9.97 Å². The molecule has 3 aromatic rings. The topological polar surface area (TPSA) is 118 Å². The Morgan fingerprint density at radius 2 is 0.867 bits per heavy atom. The molecule has 236 valence electrons. The number of aromatic nitrogens is 3. The third-order valence-corrected chi connectivity index (χ3v) is 6.72. The highest BCUT2D eigenvalue weighted by Crippen LogP contribution is 2.27. The molecule has 3 rings (SSSR count). The molecule has 3 aromatic heterocycles. The summed E-state index contributed by atoms with van der Waals surface area (Å²) in [5, 5.41) is 0. The van der Waals surface area contributed by atoms with Crippen LogP contribution in [-0.4, -0.2) is 52.7 Å². The van der Waals surface area contributed by atoms with E-state index in [1.54, 1.807) is 51.4 Å². The third kappa shape index (κ3) is 9.79. The van der Waals surface area contributed by atoms with Gasteiger partial charge in [0.2, 0.25) is 0 Å². The minimum absolute atomic E-state index is 0.272. The second-order valence-corrected chi connectivity index (χ2v) is 9.85. The lowest BCUT2D eigenvalue weighted by molar-refractivity contribution is -0.139. The van der Waals surface area contributed by atoms with Crippen molar-refractivity contribution in [1.29, 1.82) is 0 Å². The molecule has 3 heterocycles. The molecule has 0 N–H and O–H groups in total. The smallest absolute Gasteiger partial charge is 0.333 e. The van der Waals surface area contributed by atoms with Crippen LogP contribution in [0.3, 0.4) is 0 Å². The zero-order valence-electron chi connectivity index (χ0n) is 26.9. The minimum atomic E-state index is -0.382. The van der Waals surface area contributed by atoms with Crippen molar-refractivity contribution in [1.82, 2.24) is 15.0 Å². The molecule has 0 unspecified atom stereocenters. The molecule has 45 heavy (non-hydrogen) atoms. The molecule has 0 amide bonds. The molecule has 0 aliphatic rings. The Labute approximate surface area is 265 Å². The maximum Gasteiger partial charge on any atom is 0.333 e. The Hall–Kier alpha value is -4.92. The Balaban J connectivity index is 2.18. The van der Waals surface area contributed by atoms with Gasteiger partial charge in [-0.1, -0.05) is 20.8 Å². The van der Waals surface area contributed by atoms with Gasteiger partial charge < -0.3 is 14.2 Å². The van der Waals surface area contributed by atoms with Gasteiger partial charge >= 0.3 is 17.9 Å². The van der Waals surface area contributed by atoms with E-state index in [1.807, 2.05) is 57.2 Å². The number of rotatable bonds is 14. The standard InChI is InChI=1S/C36H41N3O6/c1-7-27(34(40)43-10-4)17-24-13-15-37-30(20-24)32-22-26(19-29(9-3)36(42)45-12-6)23-33(39-32)31-21-25(14-16-38-31)18-28(8-2)35(41)44-11-5/h13-23H,7-12H2,1-6H3/b27-17+,28-18+,29-19+. The van der Waals surface area contributed by atoms with Crippen LogP contribution in [0.2, 0.25) is 0 Å². The van der Waals surface area contributed by atoms with Crippen molar-refractivity contribution in [2.75, 3.05) is 19.8 Å². The van der Waals surface area contributed by atoms with E-state index in [0.29, 0.717) is 77.5 Å². The number of carbonyl (C=O) groups is 3. The molecule has 0 atom stereocenters. The first-order valence-corrected chi connectivity index (χ1v) is 15.3. The molecule has 0 aliphatic heterocycles. The number of esters is 3. The minimum Gasteiger partial charge on any atom is -0.463 e. The molecule has 9 heteroatoms. The van der Waals surface area contributed by atoms with Crippen molar-refractivity contribution in [3.05, 3.63) is 82.2 Å². The van der Waals surface area contributed by atoms with Crippen molar-refractivity contribution < 1.29 is 28.6 Å². The second kappa shape index (κ2) is 17.4. The van der Waals surface area contributed by atoms with Gasteiger partial charge in [-0.15, -0.1) is 0 Å². The molecule has 0 aromatic carbocycles. The first-order valence-electron chi connectivity index (χ1n) is 15.3. The van der Waals surface area contributed by atoms with Crippen molar-refractivity contribution in [3.63, 3.8) is 0 Å². The maximum atomic E-state index is 12.6. The summed E-state index contributed by atoms with van der Waals surface area (Å²) < 4.78 is 15.7. The largest absolute Gasteiger partial charge is 0.463 e. The number of pyridine rings is 3. The van der Waals surface area contributed by atoms with E-state index in [4.69, 9.17) is 19.2 Å². The highest BCUT2D eigenvalue weighted by Gasteiger charge is 2.15. The van der Waals surface area contributed by atoms with E-state index in [-0.39, 0.29) is 24.5 Å². The number of hydrogen-bond acceptors (Lipinski definition) is 9. The average Bonchev–Trinajstić information content (AvgIpc) is 3.05. The number of hydrogen-bond donors (Lipinski definition) is 0. The summed E-state index contributed by atoms with van der Waals surface area (Å²) in [6, 6.07) is 11.0. The number of carbonyl (C=O) groups excluding carboxylic acids is 3. The quantitative estimate of drug-likeness (QED) is 0.105. The highest BCUT2D eigenvalue weighted by atomic mass is 16.5. The van der Waals surface area contributed by atoms with E-state index < -0.39 is 0 Å². The predicted molar refractivity (Wildman–Crippen MR) is 175 cm³/mol. The Bertz CT molecular complexity index is 1510. The van der Waals surface area contributed by atoms with Crippen molar-refractivity contribution >= 4 is 36.1 Å². The van der Waals surface area contributed by atoms with Gasteiger partial charge in [-0.05, 0) is 111 Å². The predicted octanol–water partition coefficient (Wildman–Crippen LogP) is 7.28. The van der Waals surface area contributed by atoms with Gasteiger partial charge in [-0.2, -0.15) is 0 Å². The van der Waals surface area contributed by atoms with Crippen LogP contribution in [0, 0.1) is 0 Å². The van der Waals surface area contributed by atoms with Gasteiger partial charge in [0.05, 0.1) is 42.6 Å². The van der Waals surface area contributed by atoms with E-state index in [1.165, 1.54) is 0 Å². The van der Waals surface area contributed by atoms with Gasteiger partial charge in [0.1, 0.15) is 0 Å². The van der Waals surface area contributed by atoms with Crippen LogP contribution in [0.1, 0.15) is 77.5 Å². The summed E-state index contributed by atoms with van der Waals surface area (Å²) >= 11 is 0. The first kappa shape index (κ1) is 34.6. The van der Waals surface area contributed by atoms with Crippen molar-refractivity contribution in [3.8, 4) is 22.8 Å². The molecule has 0 saturated carbocycles. The van der Waals surface area contributed by atoms with Crippen LogP contribution in [0.15, 0.2) is 65.5 Å². The maximum absolute atomic E-state index is 12.6. The van der Waals surface area contributed by atoms with E-state index in [9.17, 15) is 14.4 Å². The van der Waals surface area contributed by atoms with E-state index >= 15 is 0 Å². The fraction of sp³-hybridized carbons (Fsp3) is 0.333. The SMILES string of the molecule is CCOC(=O)/C(=C/c1ccnc(-c2cc(/C=C(\CC)C(=O)OCC)cc(-c3cc(/C=C(\CC)C(=O)OCC)ccn3)n2)c1)CC. The Morgan fingerprint density at radius 3 is 1.20 bits per heavy atom. The average molecular weight is 612 g/mol. The first-order chi connectivity index (χ1) is 21.8. The van der Waals surface area contributed by atoms with Crippen molar-refractivity contribution in [2.24, 2.45) is 0 Å². The normalized spacial score (nSPS) is 12.1. The molecule has 0 radical (unpaired) electrons. The van der Waals surface area contributed by atoms with E-state index in [0.717, 1.165) is 11.1 Å². The molecular weight excluding hydrogens is 570 g/mol. The summed E-state index contributed by atoms with van der Waals surface area (Å²) in [6.07, 6.45) is 10.2. The summed E-state index contributed by atoms with van der Waals surface area (Å²) in [5.41, 5.74) is 6.09. The third-order valence-electron chi connectivity index (χ3n) is 6.72. The molecule has 0 aliphatic carbocycles. The molecule has 9 nitrogen and oxygen atoms in total. The van der Waals surface area contributed by atoms with Crippen molar-refractivity contribution in [2.45, 2.75) is 60.8 Å². The van der Waals surface area contributed by atoms with Gasteiger partial charge in [0.15, 0.2) is 0 Å². The lowest BCUT2D eigenvalue weighted by Crippen LogP contribution is -2.07. The molecular formula is C36H41N3O6. The Kier molecular flexibility index (Phi) is 13.4. The summed E-state index contributed by atoms with van der Waals surface area (Å²) in [6.45, 7) is 11.9. The zero-order valence-corrected chi connectivity index (χ0v) is 26.9. The fourth-order valence-corrected chi connectivity index (χ4v) is 4.44. The van der Waals surface area contributed by atoms with Crippen LogP contribution >= 0.6 is 0 Å². The van der Waals surface area contributed by atoms with Crippen LogP contribution in [0.4, 0.5) is 0 Å². The van der Waals surface area contributed by atoms with Crippen LogP contribution < -0.4 is 0 Å². The molecule has 0 spiro atoms. The number of ether oxygens (including phenoxy) is 3. The summed E-state index contributed by atoms with van der Waals surface area (Å²) in [7, 11) is 0. The lowest BCUT2D eigenvalue weighted by Gasteiger charge is -2.10. The Morgan fingerprint density at radius 1 is 0.533 bits per heavy atom. The molecule has 0 fully saturated rings. The number of nitrogens with zero attached hydrogens (tertiary/aromatic N) is 3. The van der Waals surface area contributed by atoms with Gasteiger partial charge in [-0.3, -0.25) is 9.97 Å². The molecule has 0 saturated heterocycles. The summed E-state index contributed by atoms with van der Waals surface area (Å²) in [5.74, 6) is -1.09.